The van der Waals surface area contributed by atoms with Crippen LogP contribution in [0.5, 0.6) is 0 Å². The molecule has 1 saturated heterocycles. The summed E-state index contributed by atoms with van der Waals surface area (Å²) in [5.41, 5.74) is 0.533. The van der Waals surface area contributed by atoms with Gasteiger partial charge in [0, 0.05) is 5.56 Å². The molecule has 0 aliphatic carbocycles. The monoisotopic (exact) mass is 459 g/mol. The summed E-state index contributed by atoms with van der Waals surface area (Å²) in [6, 6.07) is 7.96. The standard InChI is InChI=1S/C20H14ClN3O4S2/c1-2-15-23-24-19(30-15)16-17(25)14(29-18(16)22)8-10-4-6-13(28-10)9-3-5-12(21)11(7-9)20(26)27/h3-8,16,22H,2H2,1H3,(H,26,27)/b14-8-,22-18?/t16-/m1/s1. The second-order valence-electron chi connectivity index (χ2n) is 6.36. The number of carbonyl (C=O) groups is 2. The fourth-order valence-corrected chi connectivity index (χ4v) is 5.03. The first-order valence-electron chi connectivity index (χ1n) is 8.85. The average Bonchev–Trinajstić information content (AvgIpc) is 3.42. The van der Waals surface area contributed by atoms with Crippen LogP contribution in [-0.4, -0.2) is 32.1 Å². The van der Waals surface area contributed by atoms with Gasteiger partial charge < -0.3 is 9.52 Å². The van der Waals surface area contributed by atoms with Crippen LogP contribution >= 0.6 is 34.7 Å². The van der Waals surface area contributed by atoms with Crippen LogP contribution in [0.1, 0.15) is 39.0 Å². The SMILES string of the molecule is CCc1nnc([C@H]2C(=N)S/C(=C\c3ccc(-c4ccc(Cl)c(C(=O)O)c4)o3)C2=O)s1. The third-order valence-electron chi connectivity index (χ3n) is 4.40. The molecule has 0 amide bonds. The molecule has 7 nitrogen and oxygen atoms in total. The van der Waals surface area contributed by atoms with Crippen LogP contribution in [0.4, 0.5) is 0 Å². The van der Waals surface area contributed by atoms with E-state index in [1.807, 2.05) is 6.92 Å². The lowest BCUT2D eigenvalue weighted by Crippen LogP contribution is -2.11. The molecule has 0 spiro atoms. The lowest BCUT2D eigenvalue weighted by molar-refractivity contribution is -0.114. The van der Waals surface area contributed by atoms with Gasteiger partial charge in [0.15, 0.2) is 5.78 Å². The zero-order valence-electron chi connectivity index (χ0n) is 15.5. The molecule has 2 aromatic heterocycles. The van der Waals surface area contributed by atoms with E-state index in [0.717, 1.165) is 23.2 Å². The van der Waals surface area contributed by atoms with Crippen LogP contribution in [0.15, 0.2) is 39.7 Å². The number of ketones is 1. The number of Topliss-reactive ketones (excluding diaryl/α,β-unsaturated/α-hetero) is 1. The summed E-state index contributed by atoms with van der Waals surface area (Å²) in [6.07, 6.45) is 2.31. The summed E-state index contributed by atoms with van der Waals surface area (Å²) in [5.74, 6) is -1.19. The summed E-state index contributed by atoms with van der Waals surface area (Å²) in [4.78, 5) is 24.5. The van der Waals surface area contributed by atoms with Crippen molar-refractivity contribution in [1.82, 2.24) is 10.2 Å². The van der Waals surface area contributed by atoms with Crippen molar-refractivity contribution in [3.8, 4) is 11.3 Å². The number of aromatic nitrogens is 2. The van der Waals surface area contributed by atoms with Gasteiger partial charge in [-0.1, -0.05) is 30.3 Å². The maximum absolute atomic E-state index is 12.8. The average molecular weight is 460 g/mol. The molecule has 1 aromatic carbocycles. The Balaban J connectivity index is 1.60. The van der Waals surface area contributed by atoms with E-state index in [4.69, 9.17) is 21.4 Å². The molecule has 0 radical (unpaired) electrons. The third-order valence-corrected chi connectivity index (χ3v) is 6.86. The molecule has 0 unspecified atom stereocenters. The van der Waals surface area contributed by atoms with Crippen molar-refractivity contribution in [3.63, 3.8) is 0 Å². The number of furan rings is 1. The molecule has 152 valence electrons. The highest BCUT2D eigenvalue weighted by Crippen LogP contribution is 2.41. The highest BCUT2D eigenvalue weighted by atomic mass is 35.5. The van der Waals surface area contributed by atoms with Crippen LogP contribution in [-0.2, 0) is 11.2 Å². The summed E-state index contributed by atoms with van der Waals surface area (Å²) in [5, 5.41) is 27.2. The van der Waals surface area contributed by atoms with Gasteiger partial charge in [0.05, 0.1) is 20.5 Å². The summed E-state index contributed by atoms with van der Waals surface area (Å²) in [7, 11) is 0. The van der Waals surface area contributed by atoms with Gasteiger partial charge >= 0.3 is 5.97 Å². The number of allylic oxidation sites excluding steroid dienone is 1. The number of carbonyl (C=O) groups excluding carboxylic acids is 1. The van der Waals surface area contributed by atoms with E-state index in [2.05, 4.69) is 10.2 Å². The van der Waals surface area contributed by atoms with Crippen molar-refractivity contribution in [1.29, 1.82) is 5.41 Å². The van der Waals surface area contributed by atoms with Gasteiger partial charge in [-0.3, -0.25) is 10.2 Å². The minimum atomic E-state index is -1.13. The van der Waals surface area contributed by atoms with Gasteiger partial charge in [-0.15, -0.1) is 21.5 Å². The predicted molar refractivity (Wildman–Crippen MR) is 116 cm³/mol. The molecule has 2 N–H and O–H groups in total. The third kappa shape index (κ3) is 3.83. The Labute approximate surface area is 184 Å². The maximum Gasteiger partial charge on any atom is 0.337 e. The van der Waals surface area contributed by atoms with Crippen molar-refractivity contribution in [2.75, 3.05) is 0 Å². The fourth-order valence-electron chi connectivity index (χ4n) is 2.90. The Morgan fingerprint density at radius 3 is 2.83 bits per heavy atom. The summed E-state index contributed by atoms with van der Waals surface area (Å²) in [6.45, 7) is 1.96. The van der Waals surface area contributed by atoms with Crippen LogP contribution in [0.2, 0.25) is 5.02 Å². The van der Waals surface area contributed by atoms with E-state index < -0.39 is 11.9 Å². The molecule has 0 bridgehead atoms. The smallest absolute Gasteiger partial charge is 0.337 e. The Bertz CT molecular complexity index is 1210. The van der Waals surface area contributed by atoms with Crippen LogP contribution in [0.3, 0.4) is 0 Å². The van der Waals surface area contributed by atoms with Gasteiger partial charge in [-0.05, 0) is 42.8 Å². The molecule has 0 saturated carbocycles. The lowest BCUT2D eigenvalue weighted by Gasteiger charge is -2.02. The zero-order chi connectivity index (χ0) is 21.4. The first-order chi connectivity index (χ1) is 14.4. The predicted octanol–water partition coefficient (Wildman–Crippen LogP) is 5.13. The normalized spacial score (nSPS) is 17.8. The van der Waals surface area contributed by atoms with Crippen molar-refractivity contribution in [2.45, 2.75) is 19.3 Å². The minimum absolute atomic E-state index is 0.0215. The number of carboxylic acids is 1. The quantitative estimate of drug-likeness (QED) is 0.508. The van der Waals surface area contributed by atoms with Gasteiger partial charge in [0.1, 0.15) is 27.5 Å². The topological polar surface area (TPSA) is 117 Å². The van der Waals surface area contributed by atoms with E-state index in [1.165, 1.54) is 23.5 Å². The zero-order valence-corrected chi connectivity index (χ0v) is 17.9. The first kappa shape index (κ1) is 20.5. The number of aryl methyl sites for hydroxylation is 1. The lowest BCUT2D eigenvalue weighted by atomic mass is 10.1. The van der Waals surface area contributed by atoms with Gasteiger partial charge in [0.25, 0.3) is 0 Å². The Morgan fingerprint density at radius 2 is 2.13 bits per heavy atom. The highest BCUT2D eigenvalue weighted by molar-refractivity contribution is 8.19. The van der Waals surface area contributed by atoms with Crippen molar-refractivity contribution in [3.05, 3.63) is 61.6 Å². The van der Waals surface area contributed by atoms with Crippen LogP contribution in [0.25, 0.3) is 17.4 Å². The molecule has 3 heterocycles. The molecule has 1 atom stereocenters. The molecule has 1 fully saturated rings. The Morgan fingerprint density at radius 1 is 1.33 bits per heavy atom. The molecule has 1 aliphatic heterocycles. The number of hydrogen-bond acceptors (Lipinski definition) is 8. The number of aromatic carboxylic acids is 1. The molecular formula is C20H14ClN3O4S2. The largest absolute Gasteiger partial charge is 0.478 e. The van der Waals surface area contributed by atoms with Gasteiger partial charge in [-0.2, -0.15) is 0 Å². The molecule has 4 rings (SSSR count). The number of nitrogens with zero attached hydrogens (tertiary/aromatic N) is 2. The molecule has 30 heavy (non-hydrogen) atoms. The van der Waals surface area contributed by atoms with E-state index in [-0.39, 0.29) is 21.4 Å². The van der Waals surface area contributed by atoms with Crippen LogP contribution in [0, 0.1) is 5.41 Å². The van der Waals surface area contributed by atoms with Crippen molar-refractivity contribution < 1.29 is 19.1 Å². The summed E-state index contributed by atoms with van der Waals surface area (Å²) >= 11 is 8.34. The number of halogens is 1. The van der Waals surface area contributed by atoms with Gasteiger partial charge in [-0.25, -0.2) is 4.79 Å². The Hall–Kier alpha value is -2.75. The van der Waals surface area contributed by atoms with Crippen molar-refractivity contribution >= 4 is 57.6 Å². The van der Waals surface area contributed by atoms with E-state index in [0.29, 0.717) is 27.0 Å². The minimum Gasteiger partial charge on any atom is -0.478 e. The van der Waals surface area contributed by atoms with Gasteiger partial charge in [0.2, 0.25) is 0 Å². The number of hydrogen-bond donors (Lipinski definition) is 2. The van der Waals surface area contributed by atoms with E-state index in [1.54, 1.807) is 24.3 Å². The van der Waals surface area contributed by atoms with E-state index >= 15 is 0 Å². The van der Waals surface area contributed by atoms with Crippen LogP contribution < -0.4 is 0 Å². The Kier molecular flexibility index (Phi) is 5.59. The number of rotatable bonds is 5. The molecule has 3 aromatic rings. The van der Waals surface area contributed by atoms with Crippen molar-refractivity contribution in [2.24, 2.45) is 0 Å². The molecular weight excluding hydrogens is 446 g/mol. The number of nitrogens with one attached hydrogen (secondary N) is 1. The highest BCUT2D eigenvalue weighted by Gasteiger charge is 2.39. The second-order valence-corrected chi connectivity index (χ2v) is 8.95. The molecule has 10 heteroatoms. The van der Waals surface area contributed by atoms with E-state index in [9.17, 15) is 14.7 Å². The number of carboxylic acid groups (broad SMARTS) is 1. The fraction of sp³-hybridized carbons (Fsp3) is 0.150. The number of benzene rings is 1. The molecule has 1 aliphatic rings. The first-order valence-corrected chi connectivity index (χ1v) is 10.9. The summed E-state index contributed by atoms with van der Waals surface area (Å²) < 4.78 is 5.78. The maximum atomic E-state index is 12.8. The second kappa shape index (κ2) is 8.17. The number of thioether (sulfide) groups is 1.